The van der Waals surface area contributed by atoms with Gasteiger partial charge in [-0.3, -0.25) is 0 Å². The molecule has 1 aromatic carbocycles. The average Bonchev–Trinajstić information content (AvgIpc) is 2.56. The van der Waals surface area contributed by atoms with Crippen molar-refractivity contribution in [3.63, 3.8) is 0 Å². The summed E-state index contributed by atoms with van der Waals surface area (Å²) in [5.74, 6) is 0.0728. The van der Waals surface area contributed by atoms with Crippen molar-refractivity contribution in [3.05, 3.63) is 23.3 Å². The predicted octanol–water partition coefficient (Wildman–Crippen LogP) is 2.32. The summed E-state index contributed by atoms with van der Waals surface area (Å²) in [5, 5.41) is 9.54. The van der Waals surface area contributed by atoms with Gasteiger partial charge in [-0.2, -0.15) is 0 Å². The largest absolute Gasteiger partial charge is 0.497 e. The van der Waals surface area contributed by atoms with E-state index in [-0.39, 0.29) is 5.56 Å². The number of piperidine rings is 1. The highest BCUT2D eigenvalue weighted by Gasteiger charge is 2.23. The topological polar surface area (TPSA) is 62.2 Å². The van der Waals surface area contributed by atoms with Crippen molar-refractivity contribution >= 4 is 5.97 Å². The molecule has 0 amide bonds. The maximum atomic E-state index is 11.6. The molecular formula is C18H28N2O4. The van der Waals surface area contributed by atoms with E-state index in [1.54, 1.807) is 19.2 Å². The van der Waals surface area contributed by atoms with Gasteiger partial charge in [0.05, 0.1) is 19.8 Å². The second-order valence-corrected chi connectivity index (χ2v) is 6.49. The molecule has 0 spiro atoms. The van der Waals surface area contributed by atoms with Crippen LogP contribution in [0.25, 0.3) is 0 Å². The number of aromatic carboxylic acids is 1. The summed E-state index contributed by atoms with van der Waals surface area (Å²) in [5.41, 5.74) is 0.918. The Morgan fingerprint density at radius 1 is 1.33 bits per heavy atom. The molecule has 0 aromatic heterocycles. The normalized spacial score (nSPS) is 18.6. The molecule has 1 atom stereocenters. The zero-order valence-electron chi connectivity index (χ0n) is 15.0. The van der Waals surface area contributed by atoms with Crippen LogP contribution in [0.5, 0.6) is 11.5 Å². The van der Waals surface area contributed by atoms with E-state index in [1.165, 1.54) is 26.4 Å². The summed E-state index contributed by atoms with van der Waals surface area (Å²) in [7, 11) is 7.26. The van der Waals surface area contributed by atoms with Crippen LogP contribution in [0.1, 0.15) is 35.2 Å². The molecule has 1 aliphatic rings. The molecule has 1 heterocycles. The maximum Gasteiger partial charge on any atom is 0.336 e. The zero-order valence-corrected chi connectivity index (χ0v) is 15.0. The number of hydrogen-bond acceptors (Lipinski definition) is 5. The number of carbonyl (C=O) groups is 1. The molecule has 6 nitrogen and oxygen atoms in total. The summed E-state index contributed by atoms with van der Waals surface area (Å²) in [6, 6.07) is 3.81. The lowest BCUT2D eigenvalue weighted by atomic mass is 10.0. The number of hydrogen-bond donors (Lipinski definition) is 1. The Bertz CT molecular complexity index is 576. The lowest BCUT2D eigenvalue weighted by Crippen LogP contribution is -2.43. The van der Waals surface area contributed by atoms with E-state index < -0.39 is 5.97 Å². The number of methoxy groups -OCH3 is 2. The first-order valence-corrected chi connectivity index (χ1v) is 8.33. The number of carboxylic acids is 1. The Morgan fingerprint density at radius 2 is 2.08 bits per heavy atom. The molecule has 1 aromatic rings. The molecular weight excluding hydrogens is 308 g/mol. The quantitative estimate of drug-likeness (QED) is 0.824. The predicted molar refractivity (Wildman–Crippen MR) is 93.1 cm³/mol. The molecule has 0 saturated carbocycles. The monoisotopic (exact) mass is 336 g/mol. The van der Waals surface area contributed by atoms with Gasteiger partial charge in [-0.05, 0) is 39.5 Å². The SMILES string of the molecule is COc1cc(OC)c(CN(C)C[C@H]2CCCCN2C)c(C(=O)O)c1. The van der Waals surface area contributed by atoms with Crippen molar-refractivity contribution in [1.29, 1.82) is 0 Å². The van der Waals surface area contributed by atoms with Gasteiger partial charge < -0.3 is 24.4 Å². The Kier molecular flexibility index (Phi) is 6.45. The molecule has 1 saturated heterocycles. The van der Waals surface area contributed by atoms with E-state index in [0.29, 0.717) is 29.6 Å². The smallest absolute Gasteiger partial charge is 0.336 e. The van der Waals surface area contributed by atoms with E-state index in [9.17, 15) is 9.90 Å². The van der Waals surface area contributed by atoms with Crippen LogP contribution in [0.2, 0.25) is 0 Å². The number of likely N-dealkylation sites (tertiary alicyclic amines) is 1. The third kappa shape index (κ3) is 4.39. The molecule has 2 rings (SSSR count). The third-order valence-electron chi connectivity index (χ3n) is 4.74. The van der Waals surface area contributed by atoms with Crippen molar-refractivity contribution < 1.29 is 19.4 Å². The van der Waals surface area contributed by atoms with Crippen LogP contribution in [0.15, 0.2) is 12.1 Å². The summed E-state index contributed by atoms with van der Waals surface area (Å²) in [4.78, 5) is 16.2. The lowest BCUT2D eigenvalue weighted by Gasteiger charge is -2.35. The van der Waals surface area contributed by atoms with Gasteiger partial charge in [0.25, 0.3) is 0 Å². The number of ether oxygens (including phenoxy) is 2. The Hall–Kier alpha value is -1.79. The van der Waals surface area contributed by atoms with Gasteiger partial charge in [0.15, 0.2) is 0 Å². The number of nitrogens with zero attached hydrogens (tertiary/aromatic N) is 2. The van der Waals surface area contributed by atoms with E-state index in [1.807, 2.05) is 7.05 Å². The van der Waals surface area contributed by atoms with Crippen molar-refractivity contribution in [2.45, 2.75) is 31.8 Å². The summed E-state index contributed by atoms with van der Waals surface area (Å²) in [6.07, 6.45) is 3.70. The van der Waals surface area contributed by atoms with E-state index in [4.69, 9.17) is 9.47 Å². The van der Waals surface area contributed by atoms with Crippen LogP contribution in [0.4, 0.5) is 0 Å². The Labute approximate surface area is 144 Å². The molecule has 1 aliphatic heterocycles. The Balaban J connectivity index is 2.19. The Morgan fingerprint density at radius 3 is 2.67 bits per heavy atom. The van der Waals surface area contributed by atoms with Gasteiger partial charge in [-0.1, -0.05) is 6.42 Å². The van der Waals surface area contributed by atoms with Crippen LogP contribution in [-0.2, 0) is 6.54 Å². The van der Waals surface area contributed by atoms with Crippen LogP contribution in [0, 0.1) is 0 Å². The number of rotatable bonds is 7. The van der Waals surface area contributed by atoms with Crippen molar-refractivity contribution in [3.8, 4) is 11.5 Å². The average molecular weight is 336 g/mol. The molecule has 0 radical (unpaired) electrons. The van der Waals surface area contributed by atoms with Crippen molar-refractivity contribution in [1.82, 2.24) is 9.80 Å². The second-order valence-electron chi connectivity index (χ2n) is 6.49. The van der Waals surface area contributed by atoms with Crippen molar-refractivity contribution in [2.24, 2.45) is 0 Å². The van der Waals surface area contributed by atoms with Crippen LogP contribution in [0.3, 0.4) is 0 Å². The standard InChI is InChI=1S/C18H28N2O4/c1-19(11-13-7-5-6-8-20(13)2)12-16-15(18(21)22)9-14(23-3)10-17(16)24-4/h9-10,13H,5-8,11-12H2,1-4H3,(H,21,22)/t13-/m1/s1. The number of likely N-dealkylation sites (N-methyl/N-ethyl adjacent to an activating group) is 2. The van der Waals surface area contributed by atoms with Crippen LogP contribution < -0.4 is 9.47 Å². The fraction of sp³-hybridized carbons (Fsp3) is 0.611. The minimum Gasteiger partial charge on any atom is -0.497 e. The molecule has 1 N–H and O–H groups in total. The van der Waals surface area contributed by atoms with Gasteiger partial charge in [0, 0.05) is 30.8 Å². The summed E-state index contributed by atoms with van der Waals surface area (Å²) >= 11 is 0. The highest BCUT2D eigenvalue weighted by atomic mass is 16.5. The maximum absolute atomic E-state index is 11.6. The molecule has 6 heteroatoms. The fourth-order valence-electron chi connectivity index (χ4n) is 3.34. The molecule has 0 unspecified atom stereocenters. The van der Waals surface area contributed by atoms with E-state index >= 15 is 0 Å². The van der Waals surface area contributed by atoms with Gasteiger partial charge in [0.1, 0.15) is 11.5 Å². The molecule has 134 valence electrons. The van der Waals surface area contributed by atoms with Crippen LogP contribution >= 0.6 is 0 Å². The lowest BCUT2D eigenvalue weighted by molar-refractivity contribution is 0.0693. The summed E-state index contributed by atoms with van der Waals surface area (Å²) < 4.78 is 10.6. The van der Waals surface area contributed by atoms with Gasteiger partial charge in [-0.25, -0.2) is 4.79 Å². The molecule has 1 fully saturated rings. The highest BCUT2D eigenvalue weighted by Crippen LogP contribution is 2.30. The van der Waals surface area contributed by atoms with E-state index in [0.717, 1.165) is 13.1 Å². The van der Waals surface area contributed by atoms with Gasteiger partial charge >= 0.3 is 5.97 Å². The zero-order chi connectivity index (χ0) is 17.7. The van der Waals surface area contributed by atoms with E-state index in [2.05, 4.69) is 16.8 Å². The van der Waals surface area contributed by atoms with Crippen LogP contribution in [-0.4, -0.2) is 68.3 Å². The first-order chi connectivity index (χ1) is 11.5. The second kappa shape index (κ2) is 8.35. The molecule has 24 heavy (non-hydrogen) atoms. The number of carboxylic acid groups (broad SMARTS) is 1. The minimum absolute atomic E-state index is 0.232. The molecule has 0 bridgehead atoms. The third-order valence-corrected chi connectivity index (χ3v) is 4.74. The van der Waals surface area contributed by atoms with Gasteiger partial charge in [-0.15, -0.1) is 0 Å². The fourth-order valence-corrected chi connectivity index (χ4v) is 3.34. The minimum atomic E-state index is -0.967. The van der Waals surface area contributed by atoms with Gasteiger partial charge in [0.2, 0.25) is 0 Å². The van der Waals surface area contributed by atoms with Crippen molar-refractivity contribution in [2.75, 3.05) is 41.4 Å². The molecule has 0 aliphatic carbocycles. The first kappa shape index (κ1) is 18.5. The summed E-state index contributed by atoms with van der Waals surface area (Å²) in [6.45, 7) is 2.56. The number of benzene rings is 1. The first-order valence-electron chi connectivity index (χ1n) is 8.33. The highest BCUT2D eigenvalue weighted by molar-refractivity contribution is 5.91.